The average Bonchev–Trinajstić information content (AvgIpc) is 3.04. The molecule has 0 aliphatic carbocycles. The SMILES string of the molecule is CCOC(=O)C(C#N)=Cc1cn(Cc2ccc([N+](=O)[O-])cc2)c2ccccc12. The molecule has 0 spiro atoms. The Labute approximate surface area is 161 Å². The van der Waals surface area contributed by atoms with E-state index in [9.17, 15) is 20.2 Å². The standard InChI is InChI=1S/C21H17N3O4/c1-2-28-21(25)16(12-22)11-17-14-23(20-6-4-3-5-19(17)20)13-15-7-9-18(10-8-15)24(26)27/h3-11,14H,2,13H2,1H3. The van der Waals surface area contributed by atoms with Crippen molar-refractivity contribution in [1.82, 2.24) is 4.57 Å². The Morgan fingerprint density at radius 2 is 1.96 bits per heavy atom. The fourth-order valence-corrected chi connectivity index (χ4v) is 2.94. The summed E-state index contributed by atoms with van der Waals surface area (Å²) in [4.78, 5) is 22.3. The lowest BCUT2D eigenvalue weighted by molar-refractivity contribution is -0.384. The van der Waals surface area contributed by atoms with E-state index in [4.69, 9.17) is 4.74 Å². The molecule has 0 N–H and O–H groups in total. The summed E-state index contributed by atoms with van der Waals surface area (Å²) in [6.45, 7) is 2.37. The van der Waals surface area contributed by atoms with Crippen molar-refractivity contribution in [3.8, 4) is 6.07 Å². The Balaban J connectivity index is 2.00. The largest absolute Gasteiger partial charge is 0.462 e. The summed E-state index contributed by atoms with van der Waals surface area (Å²) in [5.41, 5.74) is 2.51. The first-order valence-corrected chi connectivity index (χ1v) is 8.63. The zero-order valence-corrected chi connectivity index (χ0v) is 15.2. The van der Waals surface area contributed by atoms with E-state index < -0.39 is 10.9 Å². The summed E-state index contributed by atoms with van der Waals surface area (Å²) in [6.07, 6.45) is 3.37. The summed E-state index contributed by atoms with van der Waals surface area (Å²) in [6, 6.07) is 15.9. The minimum Gasteiger partial charge on any atom is -0.462 e. The summed E-state index contributed by atoms with van der Waals surface area (Å²) < 4.78 is 6.90. The van der Waals surface area contributed by atoms with E-state index in [-0.39, 0.29) is 17.9 Å². The molecule has 0 radical (unpaired) electrons. The average molecular weight is 375 g/mol. The fraction of sp³-hybridized carbons (Fsp3) is 0.143. The number of carbonyl (C=O) groups excluding carboxylic acids is 1. The highest BCUT2D eigenvalue weighted by Crippen LogP contribution is 2.25. The molecule has 1 heterocycles. The maximum atomic E-state index is 11.9. The lowest BCUT2D eigenvalue weighted by atomic mass is 10.1. The smallest absolute Gasteiger partial charge is 0.348 e. The molecule has 0 saturated heterocycles. The molecule has 0 unspecified atom stereocenters. The second-order valence-electron chi connectivity index (χ2n) is 6.04. The molecule has 0 saturated carbocycles. The highest BCUT2D eigenvalue weighted by molar-refractivity contribution is 6.01. The van der Waals surface area contributed by atoms with Crippen molar-refractivity contribution < 1.29 is 14.5 Å². The highest BCUT2D eigenvalue weighted by atomic mass is 16.6. The molecule has 28 heavy (non-hydrogen) atoms. The van der Waals surface area contributed by atoms with Crippen LogP contribution in [0.1, 0.15) is 18.1 Å². The van der Waals surface area contributed by atoms with E-state index in [1.54, 1.807) is 19.1 Å². The predicted molar refractivity (Wildman–Crippen MR) is 104 cm³/mol. The zero-order chi connectivity index (χ0) is 20.1. The van der Waals surface area contributed by atoms with Crippen LogP contribution in [0.2, 0.25) is 0 Å². The first-order chi connectivity index (χ1) is 13.5. The normalized spacial score (nSPS) is 11.2. The van der Waals surface area contributed by atoms with Crippen LogP contribution < -0.4 is 0 Å². The van der Waals surface area contributed by atoms with Crippen molar-refractivity contribution in [2.24, 2.45) is 0 Å². The molecule has 0 aliphatic rings. The first-order valence-electron chi connectivity index (χ1n) is 8.63. The van der Waals surface area contributed by atoms with Gasteiger partial charge in [-0.3, -0.25) is 10.1 Å². The number of rotatable bonds is 6. The molecule has 7 heteroatoms. The van der Waals surface area contributed by atoms with Crippen LogP contribution in [0.25, 0.3) is 17.0 Å². The Hall–Kier alpha value is -3.92. The summed E-state index contributed by atoms with van der Waals surface area (Å²) >= 11 is 0. The van der Waals surface area contributed by atoms with E-state index in [1.165, 1.54) is 18.2 Å². The minimum atomic E-state index is -0.655. The van der Waals surface area contributed by atoms with Crippen molar-refractivity contribution >= 4 is 28.6 Å². The second kappa shape index (κ2) is 8.18. The predicted octanol–water partition coefficient (Wildman–Crippen LogP) is 4.07. The number of fused-ring (bicyclic) bond motifs is 1. The van der Waals surface area contributed by atoms with Gasteiger partial charge in [0.15, 0.2) is 0 Å². The Morgan fingerprint density at radius 3 is 2.61 bits per heavy atom. The van der Waals surface area contributed by atoms with E-state index in [2.05, 4.69) is 0 Å². The van der Waals surface area contributed by atoms with Gasteiger partial charge in [-0.05, 0) is 24.6 Å². The monoisotopic (exact) mass is 375 g/mol. The van der Waals surface area contributed by atoms with Crippen molar-refractivity contribution in [3.63, 3.8) is 0 Å². The van der Waals surface area contributed by atoms with Gasteiger partial charge >= 0.3 is 5.97 Å². The maximum Gasteiger partial charge on any atom is 0.348 e. The lowest BCUT2D eigenvalue weighted by Gasteiger charge is -2.05. The molecule has 0 aliphatic heterocycles. The fourth-order valence-electron chi connectivity index (χ4n) is 2.94. The Kier molecular flexibility index (Phi) is 5.51. The number of aromatic nitrogens is 1. The third kappa shape index (κ3) is 3.91. The number of nitro benzene ring substituents is 1. The lowest BCUT2D eigenvalue weighted by Crippen LogP contribution is -2.05. The summed E-state index contributed by atoms with van der Waals surface area (Å²) in [5, 5.41) is 21.0. The Bertz CT molecular complexity index is 1100. The van der Waals surface area contributed by atoms with Crippen molar-refractivity contribution in [2.45, 2.75) is 13.5 Å². The number of esters is 1. The number of nitriles is 1. The molecule has 0 amide bonds. The molecular weight excluding hydrogens is 358 g/mol. The van der Waals surface area contributed by atoms with E-state index >= 15 is 0 Å². The number of para-hydroxylation sites is 1. The van der Waals surface area contributed by atoms with Crippen molar-refractivity contribution in [1.29, 1.82) is 5.26 Å². The molecule has 3 rings (SSSR count). The quantitative estimate of drug-likeness (QED) is 0.213. The van der Waals surface area contributed by atoms with Gasteiger partial charge in [0.1, 0.15) is 11.6 Å². The number of nitrogens with zero attached hydrogens (tertiary/aromatic N) is 3. The van der Waals surface area contributed by atoms with E-state index in [0.717, 1.165) is 22.0 Å². The van der Waals surface area contributed by atoms with Crippen LogP contribution in [0.15, 0.2) is 60.3 Å². The first kappa shape index (κ1) is 18.9. The second-order valence-corrected chi connectivity index (χ2v) is 6.04. The van der Waals surface area contributed by atoms with E-state index in [1.807, 2.05) is 41.1 Å². The molecular formula is C21H17N3O4. The molecule has 0 fully saturated rings. The van der Waals surface area contributed by atoms with Crippen molar-refractivity contribution in [3.05, 3.63) is 81.5 Å². The van der Waals surface area contributed by atoms with Crippen molar-refractivity contribution in [2.75, 3.05) is 6.61 Å². The van der Waals surface area contributed by atoms with Crippen LogP contribution >= 0.6 is 0 Å². The van der Waals surface area contributed by atoms with Crippen LogP contribution in [0.4, 0.5) is 5.69 Å². The van der Waals surface area contributed by atoms with Gasteiger partial charge in [0.05, 0.1) is 11.5 Å². The van der Waals surface area contributed by atoms with Crippen LogP contribution in [0, 0.1) is 21.4 Å². The summed E-state index contributed by atoms with van der Waals surface area (Å²) in [5.74, 6) is -0.655. The molecule has 1 aromatic heterocycles. The van der Waals surface area contributed by atoms with Gasteiger partial charge in [0, 0.05) is 41.3 Å². The zero-order valence-electron chi connectivity index (χ0n) is 15.2. The van der Waals surface area contributed by atoms with Crippen LogP contribution in [-0.2, 0) is 16.1 Å². The maximum absolute atomic E-state index is 11.9. The molecule has 2 aromatic carbocycles. The minimum absolute atomic E-state index is 0.0397. The number of carbonyl (C=O) groups is 1. The summed E-state index contributed by atoms with van der Waals surface area (Å²) in [7, 11) is 0. The van der Waals surface area contributed by atoms with E-state index in [0.29, 0.717) is 6.54 Å². The number of hydrogen-bond acceptors (Lipinski definition) is 5. The number of non-ortho nitro benzene ring substituents is 1. The van der Waals surface area contributed by atoms with Gasteiger partial charge in [-0.25, -0.2) is 4.79 Å². The van der Waals surface area contributed by atoms with Gasteiger partial charge in [-0.1, -0.05) is 30.3 Å². The van der Waals surface area contributed by atoms with Gasteiger partial charge in [0.25, 0.3) is 5.69 Å². The van der Waals surface area contributed by atoms with Gasteiger partial charge < -0.3 is 9.30 Å². The third-order valence-electron chi connectivity index (χ3n) is 4.24. The van der Waals surface area contributed by atoms with Gasteiger partial charge in [-0.2, -0.15) is 5.26 Å². The Morgan fingerprint density at radius 1 is 1.25 bits per heavy atom. The molecule has 7 nitrogen and oxygen atoms in total. The molecule has 3 aromatic rings. The number of hydrogen-bond donors (Lipinski definition) is 0. The number of nitro groups is 1. The molecule has 0 bridgehead atoms. The molecule has 0 atom stereocenters. The van der Waals surface area contributed by atoms with Crippen LogP contribution in [0.5, 0.6) is 0 Å². The third-order valence-corrected chi connectivity index (χ3v) is 4.24. The van der Waals surface area contributed by atoms with Gasteiger partial charge in [0.2, 0.25) is 0 Å². The molecule has 140 valence electrons. The highest BCUT2D eigenvalue weighted by Gasteiger charge is 2.13. The van der Waals surface area contributed by atoms with Crippen LogP contribution in [0.3, 0.4) is 0 Å². The van der Waals surface area contributed by atoms with Crippen LogP contribution in [-0.4, -0.2) is 22.1 Å². The topological polar surface area (TPSA) is 98.2 Å². The number of benzene rings is 2. The van der Waals surface area contributed by atoms with Gasteiger partial charge in [-0.15, -0.1) is 0 Å². The number of ether oxygens (including phenoxy) is 1.